The molecule has 2 rings (SSSR count). The number of aryl methyl sites for hydroxylation is 1. The van der Waals surface area contributed by atoms with Crippen LogP contribution in [0.4, 0.5) is 5.95 Å². The first-order chi connectivity index (χ1) is 7.18. The fraction of sp³-hybridized carbons (Fsp3) is 0.600. The quantitative estimate of drug-likeness (QED) is 0.837. The van der Waals surface area contributed by atoms with Gasteiger partial charge in [-0.3, -0.25) is 0 Å². The molecule has 0 radical (unpaired) electrons. The van der Waals surface area contributed by atoms with E-state index in [-0.39, 0.29) is 0 Å². The average Bonchev–Trinajstić information content (AvgIpc) is 2.23. The molecule has 0 aromatic carbocycles. The van der Waals surface area contributed by atoms with Gasteiger partial charge < -0.3 is 10.2 Å². The number of aromatic nitrogens is 2. The molecule has 0 bridgehead atoms. The highest BCUT2D eigenvalue weighted by atomic mass is 79.9. The standard InChI is InChI=1S/C10H15BrN4/c1-7-5-12-3-4-15(7)10-13-6-9(11)8(2)14-10/h6-7,12H,3-5H2,1-2H3/t7-/m1/s1. The smallest absolute Gasteiger partial charge is 0.225 e. The minimum absolute atomic E-state index is 0.458. The fourth-order valence-corrected chi connectivity index (χ4v) is 1.91. The predicted octanol–water partition coefficient (Wildman–Crippen LogP) is 1.35. The summed E-state index contributed by atoms with van der Waals surface area (Å²) in [6.45, 7) is 7.15. The molecular formula is C10H15BrN4. The van der Waals surface area contributed by atoms with E-state index in [1.807, 2.05) is 13.1 Å². The molecule has 82 valence electrons. The molecule has 5 heteroatoms. The molecule has 0 saturated carbocycles. The molecule has 0 spiro atoms. The maximum atomic E-state index is 4.49. The van der Waals surface area contributed by atoms with E-state index < -0.39 is 0 Å². The van der Waals surface area contributed by atoms with E-state index in [0.717, 1.165) is 35.7 Å². The van der Waals surface area contributed by atoms with Crippen molar-refractivity contribution in [2.75, 3.05) is 24.5 Å². The van der Waals surface area contributed by atoms with Crippen molar-refractivity contribution in [2.24, 2.45) is 0 Å². The predicted molar refractivity (Wildman–Crippen MR) is 64.1 cm³/mol. The summed E-state index contributed by atoms with van der Waals surface area (Å²) in [5, 5.41) is 3.35. The van der Waals surface area contributed by atoms with E-state index in [9.17, 15) is 0 Å². The van der Waals surface area contributed by atoms with Gasteiger partial charge in [-0.1, -0.05) is 0 Å². The lowest BCUT2D eigenvalue weighted by Gasteiger charge is -2.34. The summed E-state index contributed by atoms with van der Waals surface area (Å²) < 4.78 is 0.967. The lowest BCUT2D eigenvalue weighted by molar-refractivity contribution is 0.492. The highest BCUT2D eigenvalue weighted by molar-refractivity contribution is 9.10. The maximum absolute atomic E-state index is 4.49. The normalized spacial score (nSPS) is 21.8. The second-order valence-electron chi connectivity index (χ2n) is 3.85. The molecule has 1 aromatic rings. The van der Waals surface area contributed by atoms with Crippen molar-refractivity contribution in [2.45, 2.75) is 19.9 Å². The Balaban J connectivity index is 2.24. The fourth-order valence-electron chi connectivity index (χ4n) is 1.72. The Labute approximate surface area is 98.2 Å². The molecule has 1 fully saturated rings. The second kappa shape index (κ2) is 4.45. The van der Waals surface area contributed by atoms with Gasteiger partial charge in [0.05, 0.1) is 10.2 Å². The number of hydrogen-bond acceptors (Lipinski definition) is 4. The molecule has 1 aromatic heterocycles. The molecule has 1 atom stereocenters. The maximum Gasteiger partial charge on any atom is 0.225 e. The van der Waals surface area contributed by atoms with E-state index in [2.05, 4.69) is 43.0 Å². The molecule has 1 saturated heterocycles. The first-order valence-electron chi connectivity index (χ1n) is 5.15. The van der Waals surface area contributed by atoms with Gasteiger partial charge in [-0.15, -0.1) is 0 Å². The Morgan fingerprint density at radius 2 is 2.40 bits per heavy atom. The van der Waals surface area contributed by atoms with Crippen molar-refractivity contribution in [3.8, 4) is 0 Å². The Morgan fingerprint density at radius 3 is 3.07 bits per heavy atom. The van der Waals surface area contributed by atoms with E-state index in [1.165, 1.54) is 0 Å². The molecule has 0 unspecified atom stereocenters. The summed E-state index contributed by atoms with van der Waals surface area (Å²) in [6.07, 6.45) is 1.83. The largest absolute Gasteiger partial charge is 0.336 e. The Morgan fingerprint density at radius 1 is 1.60 bits per heavy atom. The number of rotatable bonds is 1. The van der Waals surface area contributed by atoms with Gasteiger partial charge in [0.2, 0.25) is 5.95 Å². The minimum atomic E-state index is 0.458. The van der Waals surface area contributed by atoms with Crippen molar-refractivity contribution < 1.29 is 0 Å². The molecule has 15 heavy (non-hydrogen) atoms. The highest BCUT2D eigenvalue weighted by Crippen LogP contribution is 2.18. The van der Waals surface area contributed by atoms with Crippen LogP contribution in [0.1, 0.15) is 12.6 Å². The van der Waals surface area contributed by atoms with Gasteiger partial charge in [-0.25, -0.2) is 9.97 Å². The molecule has 2 heterocycles. The number of anilines is 1. The van der Waals surface area contributed by atoms with Crippen LogP contribution in [-0.4, -0.2) is 35.6 Å². The summed E-state index contributed by atoms with van der Waals surface area (Å²) in [7, 11) is 0. The third kappa shape index (κ3) is 2.29. The van der Waals surface area contributed by atoms with Crippen molar-refractivity contribution in [3.63, 3.8) is 0 Å². The third-order valence-electron chi connectivity index (χ3n) is 2.66. The van der Waals surface area contributed by atoms with Gasteiger partial charge in [-0.05, 0) is 29.8 Å². The van der Waals surface area contributed by atoms with Crippen LogP contribution in [0, 0.1) is 6.92 Å². The van der Waals surface area contributed by atoms with Crippen LogP contribution in [0.25, 0.3) is 0 Å². The lowest BCUT2D eigenvalue weighted by atomic mass is 10.2. The van der Waals surface area contributed by atoms with Crippen molar-refractivity contribution in [1.82, 2.24) is 15.3 Å². The number of hydrogen-bond donors (Lipinski definition) is 1. The summed E-state index contributed by atoms with van der Waals surface area (Å²) in [6, 6.07) is 0.458. The summed E-state index contributed by atoms with van der Waals surface area (Å²) in [5.41, 5.74) is 0.991. The van der Waals surface area contributed by atoms with E-state index >= 15 is 0 Å². The molecule has 1 aliphatic heterocycles. The van der Waals surface area contributed by atoms with Crippen LogP contribution in [-0.2, 0) is 0 Å². The number of halogens is 1. The highest BCUT2D eigenvalue weighted by Gasteiger charge is 2.20. The summed E-state index contributed by atoms with van der Waals surface area (Å²) in [4.78, 5) is 11.1. The summed E-state index contributed by atoms with van der Waals surface area (Å²) in [5.74, 6) is 0.838. The zero-order valence-corrected chi connectivity index (χ0v) is 10.6. The van der Waals surface area contributed by atoms with Crippen LogP contribution in [0.5, 0.6) is 0 Å². The average molecular weight is 271 g/mol. The zero-order chi connectivity index (χ0) is 10.8. The van der Waals surface area contributed by atoms with Gasteiger partial charge in [0, 0.05) is 31.9 Å². The Bertz CT molecular complexity index is 355. The van der Waals surface area contributed by atoms with Gasteiger partial charge in [0.25, 0.3) is 0 Å². The molecular weight excluding hydrogens is 256 g/mol. The molecule has 4 nitrogen and oxygen atoms in total. The first-order valence-corrected chi connectivity index (χ1v) is 5.94. The third-order valence-corrected chi connectivity index (χ3v) is 3.44. The van der Waals surface area contributed by atoms with Gasteiger partial charge in [0.15, 0.2) is 0 Å². The van der Waals surface area contributed by atoms with Gasteiger partial charge in [0.1, 0.15) is 0 Å². The number of piperazine rings is 1. The van der Waals surface area contributed by atoms with E-state index in [1.54, 1.807) is 0 Å². The topological polar surface area (TPSA) is 41.1 Å². The van der Waals surface area contributed by atoms with Crippen LogP contribution >= 0.6 is 15.9 Å². The first kappa shape index (κ1) is 10.8. The summed E-state index contributed by atoms with van der Waals surface area (Å²) >= 11 is 3.41. The van der Waals surface area contributed by atoms with E-state index in [4.69, 9.17) is 0 Å². The zero-order valence-electron chi connectivity index (χ0n) is 9.00. The minimum Gasteiger partial charge on any atom is -0.336 e. The van der Waals surface area contributed by atoms with Crippen molar-refractivity contribution in [3.05, 3.63) is 16.4 Å². The molecule has 0 aliphatic carbocycles. The van der Waals surface area contributed by atoms with Gasteiger partial charge >= 0.3 is 0 Å². The number of nitrogens with zero attached hydrogens (tertiary/aromatic N) is 3. The Kier molecular flexibility index (Phi) is 3.21. The van der Waals surface area contributed by atoms with Crippen LogP contribution < -0.4 is 10.2 Å². The molecule has 1 aliphatic rings. The second-order valence-corrected chi connectivity index (χ2v) is 4.70. The molecule has 1 N–H and O–H groups in total. The number of nitrogens with one attached hydrogen (secondary N) is 1. The molecule has 0 amide bonds. The SMILES string of the molecule is Cc1nc(N2CCNC[C@H]2C)ncc1Br. The Hall–Kier alpha value is -0.680. The van der Waals surface area contributed by atoms with Crippen LogP contribution in [0.2, 0.25) is 0 Å². The lowest BCUT2D eigenvalue weighted by Crippen LogP contribution is -2.50. The van der Waals surface area contributed by atoms with Crippen LogP contribution in [0.3, 0.4) is 0 Å². The van der Waals surface area contributed by atoms with E-state index in [0.29, 0.717) is 6.04 Å². The van der Waals surface area contributed by atoms with Crippen LogP contribution in [0.15, 0.2) is 10.7 Å². The van der Waals surface area contributed by atoms with Crippen molar-refractivity contribution in [1.29, 1.82) is 0 Å². The van der Waals surface area contributed by atoms with Gasteiger partial charge in [-0.2, -0.15) is 0 Å². The van der Waals surface area contributed by atoms with Crippen molar-refractivity contribution >= 4 is 21.9 Å². The monoisotopic (exact) mass is 270 g/mol.